The lowest BCUT2D eigenvalue weighted by Gasteiger charge is -2.23. The standard InChI is InChI=1S/C15H21ClN2O3/c1-4-10(3)13(15(20)18-21-5-2)17-14(19)11-6-8-12(16)9-7-11/h6-10,13H,4-5H2,1-3H3,(H,17,19)(H,18,20). The van der Waals surface area contributed by atoms with E-state index in [1.165, 1.54) is 0 Å². The average molecular weight is 313 g/mol. The molecule has 0 saturated heterocycles. The second-order valence-electron chi connectivity index (χ2n) is 4.74. The molecule has 21 heavy (non-hydrogen) atoms. The van der Waals surface area contributed by atoms with E-state index in [0.717, 1.165) is 6.42 Å². The van der Waals surface area contributed by atoms with Gasteiger partial charge in [-0.2, -0.15) is 0 Å². The highest BCUT2D eigenvalue weighted by Gasteiger charge is 2.26. The van der Waals surface area contributed by atoms with Crippen molar-refractivity contribution >= 4 is 23.4 Å². The molecule has 0 fully saturated rings. The molecular formula is C15H21ClN2O3. The molecule has 0 bridgehead atoms. The van der Waals surface area contributed by atoms with Crippen molar-refractivity contribution in [1.82, 2.24) is 10.8 Å². The van der Waals surface area contributed by atoms with Gasteiger partial charge in [-0.25, -0.2) is 5.48 Å². The van der Waals surface area contributed by atoms with Crippen LogP contribution in [0.5, 0.6) is 0 Å². The van der Waals surface area contributed by atoms with Gasteiger partial charge < -0.3 is 5.32 Å². The van der Waals surface area contributed by atoms with Gasteiger partial charge in [0, 0.05) is 10.6 Å². The SMILES string of the molecule is CCONC(=O)C(NC(=O)c1ccc(Cl)cc1)C(C)CC. The fourth-order valence-corrected chi connectivity index (χ4v) is 1.86. The highest BCUT2D eigenvalue weighted by Crippen LogP contribution is 2.12. The zero-order chi connectivity index (χ0) is 15.8. The molecule has 2 unspecified atom stereocenters. The Morgan fingerprint density at radius 2 is 1.86 bits per heavy atom. The minimum Gasteiger partial charge on any atom is -0.340 e. The van der Waals surface area contributed by atoms with Crippen LogP contribution in [0.2, 0.25) is 5.02 Å². The summed E-state index contributed by atoms with van der Waals surface area (Å²) in [6.45, 7) is 5.99. The molecule has 1 aromatic rings. The van der Waals surface area contributed by atoms with E-state index in [1.807, 2.05) is 13.8 Å². The minimum absolute atomic E-state index is 0.0123. The molecule has 0 radical (unpaired) electrons. The largest absolute Gasteiger partial charge is 0.340 e. The molecule has 0 saturated carbocycles. The lowest BCUT2D eigenvalue weighted by atomic mass is 9.98. The summed E-state index contributed by atoms with van der Waals surface area (Å²) in [6, 6.07) is 5.85. The van der Waals surface area contributed by atoms with Gasteiger partial charge in [-0.05, 0) is 37.1 Å². The van der Waals surface area contributed by atoms with E-state index >= 15 is 0 Å². The Balaban J connectivity index is 2.78. The molecular weight excluding hydrogens is 292 g/mol. The molecule has 0 spiro atoms. The number of benzene rings is 1. The zero-order valence-corrected chi connectivity index (χ0v) is 13.2. The number of amides is 2. The predicted octanol–water partition coefficient (Wildman–Crippen LogP) is 2.55. The van der Waals surface area contributed by atoms with Crippen LogP contribution in [0.15, 0.2) is 24.3 Å². The molecule has 2 amide bonds. The number of carbonyl (C=O) groups is 2. The predicted molar refractivity (Wildman–Crippen MR) is 81.9 cm³/mol. The van der Waals surface area contributed by atoms with Crippen molar-refractivity contribution < 1.29 is 14.4 Å². The first-order valence-corrected chi connectivity index (χ1v) is 7.35. The molecule has 1 rings (SSSR count). The molecule has 0 heterocycles. The summed E-state index contributed by atoms with van der Waals surface area (Å²) >= 11 is 5.79. The van der Waals surface area contributed by atoms with E-state index in [0.29, 0.717) is 17.2 Å². The van der Waals surface area contributed by atoms with Crippen LogP contribution < -0.4 is 10.8 Å². The topological polar surface area (TPSA) is 67.4 Å². The maximum Gasteiger partial charge on any atom is 0.266 e. The monoisotopic (exact) mass is 312 g/mol. The number of rotatable bonds is 7. The highest BCUT2D eigenvalue weighted by molar-refractivity contribution is 6.30. The molecule has 0 aliphatic carbocycles. The fourth-order valence-electron chi connectivity index (χ4n) is 1.73. The van der Waals surface area contributed by atoms with E-state index in [2.05, 4.69) is 10.8 Å². The third-order valence-corrected chi connectivity index (χ3v) is 3.46. The number of nitrogens with one attached hydrogen (secondary N) is 2. The average Bonchev–Trinajstić information content (AvgIpc) is 2.49. The summed E-state index contributed by atoms with van der Waals surface area (Å²) in [5.74, 6) is -0.682. The van der Waals surface area contributed by atoms with Gasteiger partial charge in [-0.1, -0.05) is 31.9 Å². The highest BCUT2D eigenvalue weighted by atomic mass is 35.5. The van der Waals surface area contributed by atoms with Crippen LogP contribution in [0.1, 0.15) is 37.6 Å². The molecule has 0 aromatic heterocycles. The quantitative estimate of drug-likeness (QED) is 0.760. The van der Waals surface area contributed by atoms with Gasteiger partial charge in [0.05, 0.1) is 6.61 Å². The van der Waals surface area contributed by atoms with Gasteiger partial charge in [0.2, 0.25) is 0 Å². The summed E-state index contributed by atoms with van der Waals surface area (Å²) in [7, 11) is 0. The lowest BCUT2D eigenvalue weighted by molar-refractivity contribution is -0.136. The summed E-state index contributed by atoms with van der Waals surface area (Å²) < 4.78 is 0. The van der Waals surface area contributed by atoms with Crippen LogP contribution >= 0.6 is 11.6 Å². The fraction of sp³-hybridized carbons (Fsp3) is 0.467. The molecule has 1 aromatic carbocycles. The Labute approximate surface area is 130 Å². The van der Waals surface area contributed by atoms with Crippen LogP contribution in [0.25, 0.3) is 0 Å². The summed E-state index contributed by atoms with van der Waals surface area (Å²) in [5, 5.41) is 3.29. The Bertz CT molecular complexity index is 476. The number of hydrogen-bond donors (Lipinski definition) is 2. The number of hydroxylamine groups is 1. The first-order chi connectivity index (χ1) is 9.99. The maximum absolute atomic E-state index is 12.2. The Morgan fingerprint density at radius 3 is 2.38 bits per heavy atom. The smallest absolute Gasteiger partial charge is 0.266 e. The molecule has 6 heteroatoms. The molecule has 2 N–H and O–H groups in total. The summed E-state index contributed by atoms with van der Waals surface area (Å²) in [5.41, 5.74) is 2.79. The third-order valence-electron chi connectivity index (χ3n) is 3.21. The van der Waals surface area contributed by atoms with Crippen LogP contribution in [-0.4, -0.2) is 24.5 Å². The van der Waals surface area contributed by atoms with Crippen LogP contribution in [0.4, 0.5) is 0 Å². The van der Waals surface area contributed by atoms with Crippen molar-refractivity contribution in [1.29, 1.82) is 0 Å². The third kappa shape index (κ3) is 5.36. The first-order valence-electron chi connectivity index (χ1n) is 6.97. The molecule has 0 aliphatic heterocycles. The number of hydrogen-bond acceptors (Lipinski definition) is 3. The van der Waals surface area contributed by atoms with E-state index in [4.69, 9.17) is 16.4 Å². The van der Waals surface area contributed by atoms with Crippen molar-refractivity contribution in [2.24, 2.45) is 5.92 Å². The van der Waals surface area contributed by atoms with Crippen molar-refractivity contribution in [2.75, 3.05) is 6.61 Å². The van der Waals surface area contributed by atoms with Gasteiger partial charge in [0.25, 0.3) is 11.8 Å². The van der Waals surface area contributed by atoms with Crippen molar-refractivity contribution in [2.45, 2.75) is 33.2 Å². The summed E-state index contributed by atoms with van der Waals surface area (Å²) in [4.78, 5) is 29.1. The number of carbonyl (C=O) groups excluding carboxylic acids is 2. The van der Waals surface area contributed by atoms with Gasteiger partial charge in [0.1, 0.15) is 6.04 Å². The van der Waals surface area contributed by atoms with E-state index in [1.54, 1.807) is 31.2 Å². The molecule has 5 nitrogen and oxygen atoms in total. The second kappa shape index (κ2) is 8.64. The minimum atomic E-state index is -0.648. The van der Waals surface area contributed by atoms with Gasteiger partial charge in [-0.3, -0.25) is 14.4 Å². The van der Waals surface area contributed by atoms with Crippen LogP contribution in [0.3, 0.4) is 0 Å². The van der Waals surface area contributed by atoms with Crippen LogP contribution in [0, 0.1) is 5.92 Å². The second-order valence-corrected chi connectivity index (χ2v) is 5.18. The van der Waals surface area contributed by atoms with E-state index < -0.39 is 6.04 Å². The molecule has 116 valence electrons. The Kier molecular flexibility index (Phi) is 7.19. The lowest BCUT2D eigenvalue weighted by Crippen LogP contribution is -2.50. The van der Waals surface area contributed by atoms with Gasteiger partial charge >= 0.3 is 0 Å². The van der Waals surface area contributed by atoms with Crippen molar-refractivity contribution in [3.05, 3.63) is 34.9 Å². The van der Waals surface area contributed by atoms with Gasteiger partial charge in [0.15, 0.2) is 0 Å². The zero-order valence-electron chi connectivity index (χ0n) is 12.5. The van der Waals surface area contributed by atoms with Gasteiger partial charge in [-0.15, -0.1) is 0 Å². The normalized spacial score (nSPS) is 13.3. The Hall–Kier alpha value is -1.59. The van der Waals surface area contributed by atoms with Crippen molar-refractivity contribution in [3.63, 3.8) is 0 Å². The van der Waals surface area contributed by atoms with E-state index in [9.17, 15) is 9.59 Å². The molecule has 0 aliphatic rings. The van der Waals surface area contributed by atoms with Crippen LogP contribution in [-0.2, 0) is 9.63 Å². The maximum atomic E-state index is 12.2. The first kappa shape index (κ1) is 17.5. The van der Waals surface area contributed by atoms with E-state index in [-0.39, 0.29) is 17.7 Å². The summed E-state index contributed by atoms with van der Waals surface area (Å²) in [6.07, 6.45) is 0.755. The molecule has 2 atom stereocenters. The number of halogens is 1. The van der Waals surface area contributed by atoms with Crippen molar-refractivity contribution in [3.8, 4) is 0 Å². The Morgan fingerprint density at radius 1 is 1.24 bits per heavy atom.